The molecule has 6 nitrogen and oxygen atoms in total. The van der Waals surface area contributed by atoms with Crippen molar-refractivity contribution < 1.29 is 9.84 Å². The van der Waals surface area contributed by atoms with Crippen LogP contribution in [0.25, 0.3) is 5.78 Å². The molecule has 1 aromatic carbocycles. The predicted molar refractivity (Wildman–Crippen MR) is 103 cm³/mol. The van der Waals surface area contributed by atoms with E-state index in [0.29, 0.717) is 11.5 Å². The Bertz CT molecular complexity index is 939. The van der Waals surface area contributed by atoms with Gasteiger partial charge in [-0.3, -0.25) is 4.40 Å². The molecular formula is C19H24N4O2S. The lowest BCUT2D eigenvalue weighted by Crippen LogP contribution is -2.21. The number of aromatic nitrogens is 4. The van der Waals surface area contributed by atoms with E-state index in [4.69, 9.17) is 4.74 Å². The van der Waals surface area contributed by atoms with Crippen molar-refractivity contribution in [2.45, 2.75) is 45.9 Å². The van der Waals surface area contributed by atoms with Gasteiger partial charge >= 0.3 is 0 Å². The summed E-state index contributed by atoms with van der Waals surface area (Å²) in [5.41, 5.74) is 5.31. The van der Waals surface area contributed by atoms with Gasteiger partial charge in [-0.2, -0.15) is 0 Å². The molecule has 2 aromatic heterocycles. The predicted octanol–water partition coefficient (Wildman–Crippen LogP) is 3.20. The van der Waals surface area contributed by atoms with Crippen LogP contribution in [0.3, 0.4) is 0 Å². The van der Waals surface area contributed by atoms with Gasteiger partial charge in [0.25, 0.3) is 5.78 Å². The minimum absolute atomic E-state index is 0.241. The van der Waals surface area contributed by atoms with Crippen LogP contribution in [0, 0.1) is 34.6 Å². The van der Waals surface area contributed by atoms with Crippen LogP contribution in [0.1, 0.15) is 28.1 Å². The van der Waals surface area contributed by atoms with Gasteiger partial charge in [0, 0.05) is 17.1 Å². The third kappa shape index (κ3) is 3.83. The molecule has 138 valence electrons. The quantitative estimate of drug-likeness (QED) is 0.670. The number of thioether (sulfide) groups is 1. The standard InChI is InChI=1S/C19H24N4O2S/c1-11-6-7-12(2)17(15(11)5)25-9-16(24)10-26-19-22-21-18-20-13(3)8-14(4)23(18)19/h6-8,16,24H,9-10H2,1-5H3/t16-/m1/s1. The summed E-state index contributed by atoms with van der Waals surface area (Å²) in [5, 5.41) is 19.4. The van der Waals surface area contributed by atoms with E-state index in [1.54, 1.807) is 0 Å². The van der Waals surface area contributed by atoms with E-state index in [0.717, 1.165) is 33.4 Å². The third-order valence-electron chi connectivity index (χ3n) is 4.36. The van der Waals surface area contributed by atoms with Gasteiger partial charge in [-0.25, -0.2) is 4.98 Å². The molecule has 0 aliphatic rings. The lowest BCUT2D eigenvalue weighted by Gasteiger charge is -2.16. The first kappa shape index (κ1) is 18.7. The van der Waals surface area contributed by atoms with Gasteiger partial charge < -0.3 is 9.84 Å². The SMILES string of the molecule is Cc1cc(C)n2c(SC[C@H](O)COc3c(C)ccc(C)c3C)nnc2n1. The van der Waals surface area contributed by atoms with Crippen LogP contribution in [0.4, 0.5) is 0 Å². The number of hydrogen-bond acceptors (Lipinski definition) is 6. The number of aryl methyl sites for hydroxylation is 4. The topological polar surface area (TPSA) is 72.5 Å². The zero-order chi connectivity index (χ0) is 18.8. The number of aliphatic hydroxyl groups excluding tert-OH is 1. The van der Waals surface area contributed by atoms with Crippen molar-refractivity contribution in [2.75, 3.05) is 12.4 Å². The number of fused-ring (bicyclic) bond motifs is 1. The molecule has 3 rings (SSSR count). The smallest absolute Gasteiger partial charge is 0.256 e. The van der Waals surface area contributed by atoms with E-state index >= 15 is 0 Å². The van der Waals surface area contributed by atoms with E-state index < -0.39 is 6.10 Å². The molecule has 1 N–H and O–H groups in total. The zero-order valence-corrected chi connectivity index (χ0v) is 16.6. The summed E-state index contributed by atoms with van der Waals surface area (Å²) in [5.74, 6) is 1.91. The fourth-order valence-electron chi connectivity index (χ4n) is 2.84. The highest BCUT2D eigenvalue weighted by molar-refractivity contribution is 7.99. The Morgan fingerprint density at radius 3 is 2.62 bits per heavy atom. The van der Waals surface area contributed by atoms with Crippen LogP contribution in [-0.2, 0) is 0 Å². The van der Waals surface area contributed by atoms with Crippen molar-refractivity contribution in [1.82, 2.24) is 19.6 Å². The molecule has 2 heterocycles. The Labute approximate surface area is 157 Å². The van der Waals surface area contributed by atoms with Crippen molar-refractivity contribution in [3.8, 4) is 5.75 Å². The van der Waals surface area contributed by atoms with Crippen molar-refractivity contribution in [2.24, 2.45) is 0 Å². The normalized spacial score (nSPS) is 12.5. The fourth-order valence-corrected chi connectivity index (χ4v) is 3.73. The van der Waals surface area contributed by atoms with Gasteiger partial charge in [0.05, 0.1) is 6.10 Å². The lowest BCUT2D eigenvalue weighted by molar-refractivity contribution is 0.125. The molecule has 0 radical (unpaired) electrons. The summed E-state index contributed by atoms with van der Waals surface area (Å²) >= 11 is 1.45. The Kier molecular flexibility index (Phi) is 5.48. The number of ether oxygens (including phenoxy) is 1. The fraction of sp³-hybridized carbons (Fsp3) is 0.421. The average Bonchev–Trinajstić information content (AvgIpc) is 2.99. The second-order valence-electron chi connectivity index (χ2n) is 6.59. The number of benzene rings is 1. The van der Waals surface area contributed by atoms with Crippen LogP contribution >= 0.6 is 11.8 Å². The third-order valence-corrected chi connectivity index (χ3v) is 5.44. The highest BCUT2D eigenvalue weighted by atomic mass is 32.2. The van der Waals surface area contributed by atoms with Crippen LogP contribution in [0.15, 0.2) is 23.4 Å². The number of nitrogens with zero attached hydrogens (tertiary/aromatic N) is 4. The van der Waals surface area contributed by atoms with Gasteiger partial charge in [0.15, 0.2) is 5.16 Å². The molecular weight excluding hydrogens is 348 g/mol. The summed E-state index contributed by atoms with van der Waals surface area (Å²) in [6.45, 7) is 10.3. The molecule has 3 aromatic rings. The molecule has 26 heavy (non-hydrogen) atoms. The van der Waals surface area contributed by atoms with Crippen LogP contribution in [0.5, 0.6) is 5.75 Å². The van der Waals surface area contributed by atoms with Gasteiger partial charge in [0.1, 0.15) is 12.4 Å². The Morgan fingerprint density at radius 1 is 1.12 bits per heavy atom. The van der Waals surface area contributed by atoms with Crippen molar-refractivity contribution in [1.29, 1.82) is 0 Å². The second-order valence-corrected chi connectivity index (χ2v) is 7.57. The Morgan fingerprint density at radius 2 is 1.85 bits per heavy atom. The van der Waals surface area contributed by atoms with Crippen molar-refractivity contribution >= 4 is 17.5 Å². The Balaban J connectivity index is 1.63. The first-order valence-electron chi connectivity index (χ1n) is 8.56. The van der Waals surface area contributed by atoms with Crippen LogP contribution in [-0.4, -0.2) is 43.2 Å². The summed E-state index contributed by atoms with van der Waals surface area (Å²) in [4.78, 5) is 4.38. The average molecular weight is 372 g/mol. The molecule has 0 unspecified atom stereocenters. The number of hydrogen-bond donors (Lipinski definition) is 1. The molecule has 0 fully saturated rings. The first-order chi connectivity index (χ1) is 12.4. The summed E-state index contributed by atoms with van der Waals surface area (Å²) in [6.07, 6.45) is -0.606. The molecule has 0 aliphatic heterocycles. The zero-order valence-electron chi connectivity index (χ0n) is 15.8. The molecule has 0 spiro atoms. The van der Waals surface area contributed by atoms with Crippen molar-refractivity contribution in [3.05, 3.63) is 46.3 Å². The highest BCUT2D eigenvalue weighted by Gasteiger charge is 2.14. The Hall–Kier alpha value is -2.12. The van der Waals surface area contributed by atoms with E-state index in [-0.39, 0.29) is 6.61 Å². The van der Waals surface area contributed by atoms with E-state index in [1.165, 1.54) is 17.3 Å². The number of rotatable bonds is 6. The molecule has 0 aliphatic carbocycles. The van der Waals surface area contributed by atoms with Gasteiger partial charge in [0.2, 0.25) is 0 Å². The van der Waals surface area contributed by atoms with E-state index in [2.05, 4.69) is 28.2 Å². The number of aliphatic hydroxyl groups is 1. The molecule has 0 saturated carbocycles. The van der Waals surface area contributed by atoms with Gasteiger partial charge in [-0.05, 0) is 57.4 Å². The van der Waals surface area contributed by atoms with Gasteiger partial charge in [-0.1, -0.05) is 23.9 Å². The van der Waals surface area contributed by atoms with Gasteiger partial charge in [-0.15, -0.1) is 10.2 Å². The molecule has 0 amide bonds. The minimum atomic E-state index is -0.606. The monoisotopic (exact) mass is 372 g/mol. The maximum Gasteiger partial charge on any atom is 0.256 e. The lowest BCUT2D eigenvalue weighted by atomic mass is 10.1. The van der Waals surface area contributed by atoms with Crippen molar-refractivity contribution in [3.63, 3.8) is 0 Å². The second kappa shape index (κ2) is 7.63. The van der Waals surface area contributed by atoms with E-state index in [9.17, 15) is 5.11 Å². The molecule has 7 heteroatoms. The first-order valence-corrected chi connectivity index (χ1v) is 9.55. The highest BCUT2D eigenvalue weighted by Crippen LogP contribution is 2.26. The summed E-state index contributed by atoms with van der Waals surface area (Å²) in [7, 11) is 0. The minimum Gasteiger partial charge on any atom is -0.490 e. The maximum atomic E-state index is 10.3. The maximum absolute atomic E-state index is 10.3. The van der Waals surface area contributed by atoms with Crippen LogP contribution < -0.4 is 4.74 Å². The largest absolute Gasteiger partial charge is 0.490 e. The van der Waals surface area contributed by atoms with Crippen LogP contribution in [0.2, 0.25) is 0 Å². The summed E-state index contributed by atoms with van der Waals surface area (Å²) < 4.78 is 7.79. The molecule has 1 atom stereocenters. The molecule has 0 saturated heterocycles. The summed E-state index contributed by atoms with van der Waals surface area (Å²) in [6, 6.07) is 6.11. The van der Waals surface area contributed by atoms with E-state index in [1.807, 2.05) is 44.2 Å². The molecule has 0 bridgehead atoms.